The van der Waals surface area contributed by atoms with E-state index >= 15 is 0 Å². The van der Waals surface area contributed by atoms with Crippen LogP contribution in [0.1, 0.15) is 0 Å². The van der Waals surface area contributed by atoms with Crippen LogP contribution in [0.4, 0.5) is 10.5 Å². The van der Waals surface area contributed by atoms with Gasteiger partial charge in [-0.3, -0.25) is 5.32 Å². The van der Waals surface area contributed by atoms with E-state index in [1.807, 2.05) is 0 Å². The van der Waals surface area contributed by atoms with Crippen LogP contribution in [-0.2, 0) is 0 Å². The number of benzene rings is 1. The van der Waals surface area contributed by atoms with Crippen molar-refractivity contribution in [3.8, 4) is 0 Å². The van der Waals surface area contributed by atoms with Gasteiger partial charge >= 0.3 is 6.03 Å². The predicted molar refractivity (Wildman–Crippen MR) is 55.5 cm³/mol. The van der Waals surface area contributed by atoms with Crippen LogP contribution < -0.4 is 16.8 Å². The SMILES string of the molecule is NC(=O)NC(N)=Nc1cccc(Cl)c1. The Hall–Kier alpha value is -1.75. The second-order valence-corrected chi connectivity index (χ2v) is 2.90. The zero-order chi connectivity index (χ0) is 10.6. The molecular weight excluding hydrogens is 204 g/mol. The van der Waals surface area contributed by atoms with Gasteiger partial charge in [-0.25, -0.2) is 9.79 Å². The fourth-order valence-electron chi connectivity index (χ4n) is 0.839. The zero-order valence-electron chi connectivity index (χ0n) is 7.20. The van der Waals surface area contributed by atoms with Gasteiger partial charge in [-0.1, -0.05) is 17.7 Å². The Labute approximate surface area is 85.8 Å². The van der Waals surface area contributed by atoms with Crippen LogP contribution in [0, 0.1) is 0 Å². The average molecular weight is 213 g/mol. The van der Waals surface area contributed by atoms with E-state index in [-0.39, 0.29) is 5.96 Å². The fourth-order valence-corrected chi connectivity index (χ4v) is 1.02. The van der Waals surface area contributed by atoms with Crippen LogP contribution in [-0.4, -0.2) is 12.0 Å². The van der Waals surface area contributed by atoms with Crippen LogP contribution in [0.5, 0.6) is 0 Å². The van der Waals surface area contributed by atoms with Gasteiger partial charge in [0.15, 0.2) is 0 Å². The van der Waals surface area contributed by atoms with E-state index in [9.17, 15) is 4.79 Å². The lowest BCUT2D eigenvalue weighted by molar-refractivity contribution is 0.253. The molecule has 14 heavy (non-hydrogen) atoms. The van der Waals surface area contributed by atoms with E-state index in [1.165, 1.54) is 0 Å². The first-order chi connectivity index (χ1) is 6.58. The largest absolute Gasteiger partial charge is 0.369 e. The smallest absolute Gasteiger partial charge is 0.318 e. The Morgan fingerprint density at radius 3 is 2.71 bits per heavy atom. The van der Waals surface area contributed by atoms with Crippen LogP contribution in [0.2, 0.25) is 5.02 Å². The molecule has 5 nitrogen and oxygen atoms in total. The highest BCUT2D eigenvalue weighted by atomic mass is 35.5. The maximum atomic E-state index is 10.4. The second kappa shape index (κ2) is 4.48. The molecule has 1 aromatic carbocycles. The number of amides is 2. The van der Waals surface area contributed by atoms with Gasteiger partial charge in [-0.15, -0.1) is 0 Å². The molecule has 0 aliphatic heterocycles. The highest BCUT2D eigenvalue weighted by Crippen LogP contribution is 2.17. The van der Waals surface area contributed by atoms with Crippen molar-refractivity contribution in [2.75, 3.05) is 0 Å². The lowest BCUT2D eigenvalue weighted by Crippen LogP contribution is -2.39. The van der Waals surface area contributed by atoms with E-state index in [1.54, 1.807) is 24.3 Å². The summed E-state index contributed by atoms with van der Waals surface area (Å²) in [5, 5.41) is 2.67. The minimum atomic E-state index is -0.756. The van der Waals surface area contributed by atoms with Crippen molar-refractivity contribution < 1.29 is 4.79 Å². The molecule has 2 amide bonds. The Bertz CT molecular complexity index is 377. The van der Waals surface area contributed by atoms with Crippen LogP contribution >= 0.6 is 11.6 Å². The molecular formula is C8H9ClN4O. The van der Waals surface area contributed by atoms with E-state index < -0.39 is 6.03 Å². The second-order valence-electron chi connectivity index (χ2n) is 2.47. The first-order valence-electron chi connectivity index (χ1n) is 3.74. The number of nitrogens with zero attached hydrogens (tertiary/aromatic N) is 1. The highest BCUT2D eigenvalue weighted by molar-refractivity contribution is 6.30. The third-order valence-corrected chi connectivity index (χ3v) is 1.54. The number of nitrogens with one attached hydrogen (secondary N) is 1. The molecule has 0 fully saturated rings. The van der Waals surface area contributed by atoms with Gasteiger partial charge in [0.25, 0.3) is 0 Å². The van der Waals surface area contributed by atoms with Crippen molar-refractivity contribution in [1.29, 1.82) is 0 Å². The number of aliphatic imine (C=N–C) groups is 1. The molecule has 0 aliphatic carbocycles. The Kier molecular flexibility index (Phi) is 3.30. The summed E-state index contributed by atoms with van der Waals surface area (Å²) >= 11 is 5.71. The Morgan fingerprint density at radius 2 is 2.14 bits per heavy atom. The molecule has 0 spiro atoms. The Balaban J connectivity index is 2.80. The van der Waals surface area contributed by atoms with E-state index in [0.29, 0.717) is 10.7 Å². The number of hydrogen-bond acceptors (Lipinski definition) is 2. The van der Waals surface area contributed by atoms with E-state index in [2.05, 4.69) is 10.3 Å². The summed E-state index contributed by atoms with van der Waals surface area (Å²) in [6.07, 6.45) is 0. The molecule has 6 heteroatoms. The predicted octanol–water partition coefficient (Wildman–Crippen LogP) is 0.955. The molecule has 1 rings (SSSR count). The summed E-state index contributed by atoms with van der Waals surface area (Å²) in [6, 6.07) is 5.98. The zero-order valence-corrected chi connectivity index (χ0v) is 7.95. The van der Waals surface area contributed by atoms with Gasteiger partial charge in [-0.2, -0.15) is 0 Å². The first kappa shape index (κ1) is 10.3. The van der Waals surface area contributed by atoms with Gasteiger partial charge in [0.1, 0.15) is 0 Å². The fraction of sp³-hybridized carbons (Fsp3) is 0. The summed E-state index contributed by atoms with van der Waals surface area (Å²) in [5.74, 6) is -0.0697. The molecule has 0 aromatic heterocycles. The number of urea groups is 1. The van der Waals surface area contributed by atoms with Crippen molar-refractivity contribution in [2.45, 2.75) is 0 Å². The van der Waals surface area contributed by atoms with Gasteiger partial charge in [0.2, 0.25) is 5.96 Å². The lowest BCUT2D eigenvalue weighted by atomic mass is 10.3. The number of halogens is 1. The van der Waals surface area contributed by atoms with E-state index in [0.717, 1.165) is 0 Å². The summed E-state index contributed by atoms with van der Waals surface area (Å²) in [5.41, 5.74) is 10.7. The number of hydrogen-bond donors (Lipinski definition) is 3. The molecule has 5 N–H and O–H groups in total. The van der Waals surface area contributed by atoms with Crippen molar-refractivity contribution in [2.24, 2.45) is 16.5 Å². The molecule has 1 aromatic rings. The van der Waals surface area contributed by atoms with Crippen molar-refractivity contribution in [1.82, 2.24) is 5.32 Å². The summed E-state index contributed by atoms with van der Waals surface area (Å²) in [4.78, 5) is 14.2. The van der Waals surface area contributed by atoms with Gasteiger partial charge in [-0.05, 0) is 18.2 Å². The summed E-state index contributed by atoms with van der Waals surface area (Å²) in [6.45, 7) is 0. The third-order valence-electron chi connectivity index (χ3n) is 1.31. The standard InChI is InChI=1S/C8H9ClN4O/c9-5-2-1-3-6(4-5)12-7(10)13-8(11)14/h1-4H,(H5,10,11,12,13,14). The first-order valence-corrected chi connectivity index (χ1v) is 4.12. The molecule has 0 atom stereocenters. The normalized spacial score (nSPS) is 11.1. The van der Waals surface area contributed by atoms with Crippen molar-refractivity contribution in [3.63, 3.8) is 0 Å². The number of rotatable bonds is 1. The molecule has 0 bridgehead atoms. The molecule has 0 unspecified atom stereocenters. The molecule has 0 heterocycles. The van der Waals surface area contributed by atoms with Gasteiger partial charge < -0.3 is 11.5 Å². The molecule has 0 saturated carbocycles. The number of primary amides is 1. The number of carbonyl (C=O) groups excluding carboxylic acids is 1. The molecule has 0 radical (unpaired) electrons. The summed E-state index contributed by atoms with van der Waals surface area (Å²) in [7, 11) is 0. The van der Waals surface area contributed by atoms with Gasteiger partial charge in [0, 0.05) is 5.02 Å². The number of carbonyl (C=O) groups is 1. The molecule has 0 aliphatic rings. The van der Waals surface area contributed by atoms with Crippen LogP contribution in [0.25, 0.3) is 0 Å². The quantitative estimate of drug-likeness (QED) is 0.478. The topological polar surface area (TPSA) is 93.5 Å². The maximum absolute atomic E-state index is 10.4. The minimum absolute atomic E-state index is 0.0697. The molecule has 0 saturated heterocycles. The number of nitrogens with two attached hydrogens (primary N) is 2. The highest BCUT2D eigenvalue weighted by Gasteiger charge is 1.96. The lowest BCUT2D eigenvalue weighted by Gasteiger charge is -2.00. The van der Waals surface area contributed by atoms with Crippen molar-refractivity contribution in [3.05, 3.63) is 29.3 Å². The van der Waals surface area contributed by atoms with E-state index in [4.69, 9.17) is 23.1 Å². The van der Waals surface area contributed by atoms with Crippen LogP contribution in [0.15, 0.2) is 29.3 Å². The maximum Gasteiger partial charge on any atom is 0.318 e. The third kappa shape index (κ3) is 3.32. The Morgan fingerprint density at radius 1 is 1.43 bits per heavy atom. The summed E-state index contributed by atoms with van der Waals surface area (Å²) < 4.78 is 0. The average Bonchev–Trinajstić information content (AvgIpc) is 2.01. The molecule has 74 valence electrons. The van der Waals surface area contributed by atoms with Gasteiger partial charge in [0.05, 0.1) is 5.69 Å². The minimum Gasteiger partial charge on any atom is -0.369 e. The monoisotopic (exact) mass is 212 g/mol. The van der Waals surface area contributed by atoms with Crippen molar-refractivity contribution >= 4 is 29.3 Å². The number of guanidine groups is 1. The van der Waals surface area contributed by atoms with Crippen LogP contribution in [0.3, 0.4) is 0 Å².